The van der Waals surface area contributed by atoms with Crippen LogP contribution < -0.4 is 14.5 Å². The number of carbonyl (C=O) groups excluding carboxylic acids is 2. The van der Waals surface area contributed by atoms with Crippen molar-refractivity contribution >= 4 is 23.5 Å². The van der Waals surface area contributed by atoms with Crippen molar-refractivity contribution in [3.05, 3.63) is 47.2 Å². The molecule has 0 spiro atoms. The zero-order valence-electron chi connectivity index (χ0n) is 18.4. The van der Waals surface area contributed by atoms with Crippen molar-refractivity contribution in [1.82, 2.24) is 9.88 Å². The van der Waals surface area contributed by atoms with Crippen molar-refractivity contribution < 1.29 is 19.1 Å². The smallest absolute Gasteiger partial charge is 0.414 e. The van der Waals surface area contributed by atoms with Crippen molar-refractivity contribution in [2.75, 3.05) is 49.7 Å². The minimum absolute atomic E-state index is 0.0642. The van der Waals surface area contributed by atoms with Crippen LogP contribution in [0.2, 0.25) is 0 Å². The van der Waals surface area contributed by atoms with Crippen LogP contribution in [-0.2, 0) is 4.74 Å². The van der Waals surface area contributed by atoms with Gasteiger partial charge in [0.05, 0.1) is 24.4 Å². The molecule has 0 radical (unpaired) electrons. The largest absolute Gasteiger partial charge is 0.496 e. The van der Waals surface area contributed by atoms with E-state index in [0.717, 1.165) is 30.0 Å². The molecule has 2 aromatic rings. The van der Waals surface area contributed by atoms with E-state index in [1.807, 2.05) is 24.9 Å². The van der Waals surface area contributed by atoms with Crippen LogP contribution in [0.15, 0.2) is 30.5 Å². The zero-order valence-corrected chi connectivity index (χ0v) is 18.4. The van der Waals surface area contributed by atoms with Gasteiger partial charge in [0.15, 0.2) is 0 Å². The van der Waals surface area contributed by atoms with Gasteiger partial charge in [0.25, 0.3) is 5.91 Å². The summed E-state index contributed by atoms with van der Waals surface area (Å²) in [6.07, 6.45) is 1.49. The molecule has 0 N–H and O–H groups in total. The third kappa shape index (κ3) is 4.02. The Morgan fingerprint density at radius 2 is 1.90 bits per heavy atom. The van der Waals surface area contributed by atoms with E-state index in [9.17, 15) is 9.59 Å². The molecule has 0 saturated carbocycles. The van der Waals surface area contributed by atoms with Crippen LogP contribution >= 0.6 is 0 Å². The van der Waals surface area contributed by atoms with Gasteiger partial charge in [-0.1, -0.05) is 6.07 Å². The summed E-state index contributed by atoms with van der Waals surface area (Å²) in [6.45, 7) is 9.02. The molecule has 1 aromatic heterocycles. The van der Waals surface area contributed by atoms with Gasteiger partial charge in [-0.2, -0.15) is 0 Å². The van der Waals surface area contributed by atoms with Crippen LogP contribution in [0, 0.1) is 13.8 Å². The first-order chi connectivity index (χ1) is 14.9. The number of nitrogens with zero attached hydrogens (tertiary/aromatic N) is 4. The maximum atomic E-state index is 13.2. The molecule has 3 heterocycles. The second kappa shape index (κ2) is 8.45. The van der Waals surface area contributed by atoms with Crippen molar-refractivity contribution in [3.8, 4) is 5.75 Å². The second-order valence-corrected chi connectivity index (χ2v) is 8.11. The van der Waals surface area contributed by atoms with Crippen LogP contribution in [0.4, 0.5) is 16.3 Å². The normalized spacial score (nSPS) is 18.9. The summed E-state index contributed by atoms with van der Waals surface area (Å²) in [5.74, 6) is 1.35. The summed E-state index contributed by atoms with van der Waals surface area (Å²) >= 11 is 0. The van der Waals surface area contributed by atoms with Crippen molar-refractivity contribution in [2.45, 2.75) is 26.8 Å². The van der Waals surface area contributed by atoms with Gasteiger partial charge in [0.2, 0.25) is 0 Å². The van der Waals surface area contributed by atoms with Gasteiger partial charge in [0.1, 0.15) is 18.2 Å². The Hall–Kier alpha value is -3.29. The fraction of sp³-hybridized carbons (Fsp3) is 0.435. The number of cyclic esters (lactones) is 1. The molecule has 8 heteroatoms. The summed E-state index contributed by atoms with van der Waals surface area (Å²) in [5.41, 5.74) is 3.44. The lowest BCUT2D eigenvalue weighted by atomic mass is 10.1. The molecule has 2 aliphatic rings. The maximum Gasteiger partial charge on any atom is 0.414 e. The minimum Gasteiger partial charge on any atom is -0.496 e. The molecule has 8 nitrogen and oxygen atoms in total. The van der Waals surface area contributed by atoms with Gasteiger partial charge in [-0.3, -0.25) is 9.69 Å². The first kappa shape index (κ1) is 21.0. The Balaban J connectivity index is 1.48. The number of rotatable bonds is 4. The number of aryl methyl sites for hydroxylation is 2. The third-order valence-corrected chi connectivity index (χ3v) is 5.83. The van der Waals surface area contributed by atoms with Crippen LogP contribution in [0.25, 0.3) is 0 Å². The van der Waals surface area contributed by atoms with E-state index < -0.39 is 0 Å². The highest BCUT2D eigenvalue weighted by Crippen LogP contribution is 2.30. The molecule has 2 aliphatic heterocycles. The summed E-state index contributed by atoms with van der Waals surface area (Å²) < 4.78 is 10.6. The van der Waals surface area contributed by atoms with Crippen molar-refractivity contribution in [2.24, 2.45) is 0 Å². The Labute approximate surface area is 182 Å². The molecule has 2 amide bonds. The Morgan fingerprint density at radius 1 is 1.16 bits per heavy atom. The Morgan fingerprint density at radius 3 is 2.52 bits per heavy atom. The number of hydrogen-bond acceptors (Lipinski definition) is 6. The predicted octanol–water partition coefficient (Wildman–Crippen LogP) is 3.01. The standard InChI is InChI=1S/C23H28N4O4/c1-15-11-16(2)21(24-13-15)25-7-9-26(10-8-25)22(28)19-6-5-18(12-20(19)30-4)27-17(3)14-31-23(27)29/h5-6,11-13,17H,7-10,14H2,1-4H3. The number of aromatic nitrogens is 1. The Bertz CT molecular complexity index is 1000. The van der Waals surface area contributed by atoms with Crippen LogP contribution in [0.1, 0.15) is 28.4 Å². The van der Waals surface area contributed by atoms with Crippen LogP contribution in [0.5, 0.6) is 5.75 Å². The first-order valence-corrected chi connectivity index (χ1v) is 10.5. The highest BCUT2D eigenvalue weighted by atomic mass is 16.6. The number of pyridine rings is 1. The lowest BCUT2D eigenvalue weighted by Gasteiger charge is -2.36. The van der Waals surface area contributed by atoms with E-state index in [1.165, 1.54) is 7.11 Å². The second-order valence-electron chi connectivity index (χ2n) is 8.11. The van der Waals surface area contributed by atoms with Crippen molar-refractivity contribution in [1.29, 1.82) is 0 Å². The van der Waals surface area contributed by atoms with E-state index in [0.29, 0.717) is 36.7 Å². The summed E-state index contributed by atoms with van der Waals surface area (Å²) in [6, 6.07) is 7.29. The molecule has 2 saturated heterocycles. The average molecular weight is 425 g/mol. The minimum atomic E-state index is -0.384. The number of anilines is 2. The predicted molar refractivity (Wildman–Crippen MR) is 118 cm³/mol. The third-order valence-electron chi connectivity index (χ3n) is 5.83. The molecule has 2 fully saturated rings. The van der Waals surface area contributed by atoms with E-state index in [4.69, 9.17) is 9.47 Å². The van der Waals surface area contributed by atoms with E-state index in [2.05, 4.69) is 22.9 Å². The van der Waals surface area contributed by atoms with E-state index >= 15 is 0 Å². The van der Waals surface area contributed by atoms with E-state index in [-0.39, 0.29) is 18.0 Å². The fourth-order valence-corrected chi connectivity index (χ4v) is 4.21. The lowest BCUT2D eigenvalue weighted by molar-refractivity contribution is 0.0743. The van der Waals surface area contributed by atoms with Gasteiger partial charge in [-0.05, 0) is 44.0 Å². The highest BCUT2D eigenvalue weighted by Gasteiger charge is 2.32. The molecule has 31 heavy (non-hydrogen) atoms. The Kier molecular flexibility index (Phi) is 5.71. The average Bonchev–Trinajstić information content (AvgIpc) is 3.11. The van der Waals surface area contributed by atoms with E-state index in [1.54, 1.807) is 23.1 Å². The molecule has 1 aromatic carbocycles. The SMILES string of the molecule is COc1cc(N2C(=O)OCC2C)ccc1C(=O)N1CCN(c2ncc(C)cc2C)CC1. The molecule has 1 atom stereocenters. The topological polar surface area (TPSA) is 75.2 Å². The van der Waals surface area contributed by atoms with Gasteiger partial charge in [0, 0.05) is 38.4 Å². The highest BCUT2D eigenvalue weighted by molar-refractivity contribution is 5.99. The summed E-state index contributed by atoms with van der Waals surface area (Å²) in [5, 5.41) is 0. The summed E-state index contributed by atoms with van der Waals surface area (Å²) in [4.78, 5) is 35.4. The molecular weight excluding hydrogens is 396 g/mol. The van der Waals surface area contributed by atoms with Gasteiger partial charge >= 0.3 is 6.09 Å². The molecule has 0 aliphatic carbocycles. The summed E-state index contributed by atoms with van der Waals surface area (Å²) in [7, 11) is 1.53. The number of ether oxygens (including phenoxy) is 2. The number of carbonyl (C=O) groups is 2. The number of amides is 2. The molecular formula is C23H28N4O4. The molecule has 164 valence electrons. The molecule has 1 unspecified atom stereocenters. The van der Waals surface area contributed by atoms with Crippen LogP contribution in [-0.4, -0.2) is 67.8 Å². The molecule has 4 rings (SSSR count). The monoisotopic (exact) mass is 424 g/mol. The zero-order chi connectivity index (χ0) is 22.1. The number of methoxy groups -OCH3 is 1. The number of benzene rings is 1. The number of hydrogen-bond donors (Lipinski definition) is 0. The fourth-order valence-electron chi connectivity index (χ4n) is 4.21. The lowest BCUT2D eigenvalue weighted by Crippen LogP contribution is -2.49. The van der Waals surface area contributed by atoms with Gasteiger partial charge in [-0.15, -0.1) is 0 Å². The van der Waals surface area contributed by atoms with Crippen molar-refractivity contribution in [3.63, 3.8) is 0 Å². The quantitative estimate of drug-likeness (QED) is 0.751. The van der Waals surface area contributed by atoms with Gasteiger partial charge in [-0.25, -0.2) is 9.78 Å². The molecule has 0 bridgehead atoms. The maximum absolute atomic E-state index is 13.2. The first-order valence-electron chi connectivity index (χ1n) is 10.5. The van der Waals surface area contributed by atoms with Gasteiger partial charge < -0.3 is 19.3 Å². The number of piperazine rings is 1. The van der Waals surface area contributed by atoms with Crippen LogP contribution in [0.3, 0.4) is 0 Å².